The van der Waals surface area contributed by atoms with Crippen molar-refractivity contribution >= 4 is 10.4 Å². The van der Waals surface area contributed by atoms with Gasteiger partial charge in [-0.05, 0) is 20.3 Å². The van der Waals surface area contributed by atoms with E-state index in [0.717, 1.165) is 19.3 Å². The molecular formula is C16H32O4S. The van der Waals surface area contributed by atoms with Crippen LogP contribution in [0.1, 0.15) is 91.4 Å². The van der Waals surface area contributed by atoms with Crippen LogP contribution in [0.4, 0.5) is 0 Å². The summed E-state index contributed by atoms with van der Waals surface area (Å²) in [7, 11) is -3.77. The molecule has 0 aliphatic carbocycles. The van der Waals surface area contributed by atoms with Crippen LogP contribution in [-0.4, -0.2) is 20.1 Å². The minimum atomic E-state index is -3.77. The minimum Gasteiger partial charge on any atom is -0.242 e. The Labute approximate surface area is 130 Å². The summed E-state index contributed by atoms with van der Waals surface area (Å²) in [6.07, 6.45) is 13.2. The van der Waals surface area contributed by atoms with Crippen LogP contribution in [0.25, 0.3) is 0 Å². The van der Waals surface area contributed by atoms with E-state index in [1.807, 2.05) is 0 Å². The molecule has 1 saturated heterocycles. The number of unbranched alkanes of at least 4 members (excludes halogenated alkanes) is 9. The summed E-state index contributed by atoms with van der Waals surface area (Å²) >= 11 is 0. The van der Waals surface area contributed by atoms with Crippen LogP contribution in [-0.2, 0) is 18.8 Å². The standard InChI is InChI=1S/C16H32O4S/c1-4-5-6-7-8-9-10-11-12-13-14-15-16(2,3)20-21(17,18)19-15/h15H,4-14H2,1-3H3. The molecular weight excluding hydrogens is 288 g/mol. The topological polar surface area (TPSA) is 52.6 Å². The van der Waals surface area contributed by atoms with Gasteiger partial charge in [0.1, 0.15) is 11.7 Å². The molecule has 1 fully saturated rings. The number of hydrogen-bond donors (Lipinski definition) is 0. The third-order valence-electron chi connectivity index (χ3n) is 4.15. The summed E-state index contributed by atoms with van der Waals surface area (Å²) in [5.74, 6) is 0. The zero-order valence-corrected chi connectivity index (χ0v) is 14.7. The summed E-state index contributed by atoms with van der Waals surface area (Å²) in [5, 5.41) is 0. The van der Waals surface area contributed by atoms with E-state index in [-0.39, 0.29) is 6.10 Å². The molecule has 1 atom stereocenters. The van der Waals surface area contributed by atoms with Crippen LogP contribution in [0, 0.1) is 0 Å². The Bertz CT molecular complexity index is 376. The second-order valence-electron chi connectivity index (χ2n) is 6.65. The van der Waals surface area contributed by atoms with Crippen molar-refractivity contribution in [3.05, 3.63) is 0 Å². The summed E-state index contributed by atoms with van der Waals surface area (Å²) in [4.78, 5) is 0. The van der Waals surface area contributed by atoms with Gasteiger partial charge >= 0.3 is 10.4 Å². The van der Waals surface area contributed by atoms with Gasteiger partial charge in [0.15, 0.2) is 0 Å². The van der Waals surface area contributed by atoms with Gasteiger partial charge in [-0.2, -0.15) is 8.42 Å². The van der Waals surface area contributed by atoms with Gasteiger partial charge in [0, 0.05) is 0 Å². The first-order chi connectivity index (χ1) is 9.87. The first kappa shape index (κ1) is 18.9. The SMILES string of the molecule is CCCCCCCCCCCCC1OS(=O)(=O)OC1(C)C. The largest absolute Gasteiger partial charge is 0.400 e. The molecule has 126 valence electrons. The lowest BCUT2D eigenvalue weighted by Gasteiger charge is -2.20. The molecule has 4 nitrogen and oxygen atoms in total. The van der Waals surface area contributed by atoms with Gasteiger partial charge < -0.3 is 0 Å². The molecule has 0 spiro atoms. The van der Waals surface area contributed by atoms with Crippen LogP contribution in [0.15, 0.2) is 0 Å². The van der Waals surface area contributed by atoms with Crippen molar-refractivity contribution in [2.45, 2.75) is 103 Å². The highest BCUT2D eigenvalue weighted by Gasteiger charge is 2.45. The molecule has 0 aromatic carbocycles. The second kappa shape index (κ2) is 9.11. The normalized spacial score (nSPS) is 23.5. The third-order valence-corrected chi connectivity index (χ3v) is 5.25. The molecule has 1 aliphatic rings. The quantitative estimate of drug-likeness (QED) is 0.516. The van der Waals surface area contributed by atoms with E-state index in [2.05, 4.69) is 6.92 Å². The van der Waals surface area contributed by atoms with Crippen LogP contribution in [0.2, 0.25) is 0 Å². The first-order valence-corrected chi connectivity index (χ1v) is 9.84. The van der Waals surface area contributed by atoms with Crippen molar-refractivity contribution in [1.82, 2.24) is 0 Å². The van der Waals surface area contributed by atoms with Gasteiger partial charge in [-0.3, -0.25) is 0 Å². The lowest BCUT2D eigenvalue weighted by molar-refractivity contribution is 0.0660. The molecule has 1 heterocycles. The average Bonchev–Trinajstić information content (AvgIpc) is 2.59. The van der Waals surface area contributed by atoms with E-state index in [0.29, 0.717) is 0 Å². The Morgan fingerprint density at radius 2 is 1.33 bits per heavy atom. The third kappa shape index (κ3) is 7.61. The lowest BCUT2D eigenvalue weighted by atomic mass is 9.96. The highest BCUT2D eigenvalue weighted by Crippen LogP contribution is 2.33. The summed E-state index contributed by atoms with van der Waals surface area (Å²) < 4.78 is 32.5. The Balaban J connectivity index is 2.00. The van der Waals surface area contributed by atoms with Gasteiger partial charge in [0.05, 0.1) is 0 Å². The van der Waals surface area contributed by atoms with Crippen molar-refractivity contribution in [2.75, 3.05) is 0 Å². The van der Waals surface area contributed by atoms with Crippen LogP contribution < -0.4 is 0 Å². The molecule has 5 heteroatoms. The maximum atomic E-state index is 11.3. The molecule has 21 heavy (non-hydrogen) atoms. The molecule has 1 aliphatic heterocycles. The van der Waals surface area contributed by atoms with Gasteiger partial charge in [0.25, 0.3) is 0 Å². The zero-order valence-electron chi connectivity index (χ0n) is 13.9. The van der Waals surface area contributed by atoms with Crippen molar-refractivity contribution in [1.29, 1.82) is 0 Å². The molecule has 0 aromatic rings. The van der Waals surface area contributed by atoms with Crippen molar-refractivity contribution in [2.24, 2.45) is 0 Å². The summed E-state index contributed by atoms with van der Waals surface area (Å²) in [6, 6.07) is 0. The average molecular weight is 320 g/mol. The van der Waals surface area contributed by atoms with Crippen LogP contribution in [0.3, 0.4) is 0 Å². The summed E-state index contributed by atoms with van der Waals surface area (Å²) in [6.45, 7) is 5.79. The second-order valence-corrected chi connectivity index (χ2v) is 7.83. The first-order valence-electron chi connectivity index (χ1n) is 8.51. The molecule has 0 aromatic heterocycles. The highest BCUT2D eigenvalue weighted by atomic mass is 32.3. The number of rotatable bonds is 11. The molecule has 0 N–H and O–H groups in total. The van der Waals surface area contributed by atoms with E-state index in [4.69, 9.17) is 8.37 Å². The van der Waals surface area contributed by atoms with Crippen molar-refractivity contribution in [3.63, 3.8) is 0 Å². The minimum absolute atomic E-state index is 0.337. The van der Waals surface area contributed by atoms with Crippen molar-refractivity contribution < 1.29 is 16.8 Å². The van der Waals surface area contributed by atoms with Gasteiger partial charge in [-0.15, -0.1) is 0 Å². The van der Waals surface area contributed by atoms with Crippen LogP contribution in [0.5, 0.6) is 0 Å². The molecule has 0 radical (unpaired) electrons. The molecule has 1 rings (SSSR count). The van der Waals surface area contributed by atoms with E-state index >= 15 is 0 Å². The van der Waals surface area contributed by atoms with Crippen molar-refractivity contribution in [3.8, 4) is 0 Å². The van der Waals surface area contributed by atoms with Gasteiger partial charge in [0.2, 0.25) is 0 Å². The summed E-state index contributed by atoms with van der Waals surface area (Å²) in [5.41, 5.74) is -0.724. The Kier molecular flexibility index (Phi) is 8.21. The highest BCUT2D eigenvalue weighted by molar-refractivity contribution is 7.82. The van der Waals surface area contributed by atoms with Crippen LogP contribution >= 0.6 is 0 Å². The number of hydrogen-bond acceptors (Lipinski definition) is 4. The predicted molar refractivity (Wildman–Crippen MR) is 85.4 cm³/mol. The maximum absolute atomic E-state index is 11.3. The molecule has 0 amide bonds. The zero-order chi connectivity index (χ0) is 15.8. The Morgan fingerprint density at radius 1 is 0.857 bits per heavy atom. The molecule has 1 unspecified atom stereocenters. The van der Waals surface area contributed by atoms with E-state index in [1.54, 1.807) is 13.8 Å². The Hall–Kier alpha value is -0.130. The fourth-order valence-electron chi connectivity index (χ4n) is 2.81. The maximum Gasteiger partial charge on any atom is 0.400 e. The lowest BCUT2D eigenvalue weighted by Crippen LogP contribution is -2.32. The van der Waals surface area contributed by atoms with E-state index in [9.17, 15) is 8.42 Å². The fourth-order valence-corrected chi connectivity index (χ4v) is 4.09. The van der Waals surface area contributed by atoms with E-state index < -0.39 is 16.0 Å². The van der Waals surface area contributed by atoms with Gasteiger partial charge in [-0.25, -0.2) is 8.37 Å². The fraction of sp³-hybridized carbons (Fsp3) is 1.00. The molecule has 0 saturated carbocycles. The molecule has 0 bridgehead atoms. The smallest absolute Gasteiger partial charge is 0.242 e. The monoisotopic (exact) mass is 320 g/mol. The Morgan fingerprint density at radius 3 is 1.76 bits per heavy atom. The predicted octanol–water partition coefficient (Wildman–Crippen LogP) is 4.74. The van der Waals surface area contributed by atoms with E-state index in [1.165, 1.54) is 51.4 Å². The van der Waals surface area contributed by atoms with Gasteiger partial charge in [-0.1, -0.05) is 71.1 Å².